The molecule has 0 aliphatic heterocycles. The molecule has 1 unspecified atom stereocenters. The van der Waals surface area contributed by atoms with Gasteiger partial charge in [0.25, 0.3) is 5.91 Å². The van der Waals surface area contributed by atoms with Crippen molar-refractivity contribution in [2.24, 2.45) is 0 Å². The van der Waals surface area contributed by atoms with E-state index in [1.807, 2.05) is 13.8 Å². The maximum atomic E-state index is 13.9. The van der Waals surface area contributed by atoms with Gasteiger partial charge in [0.2, 0.25) is 5.43 Å². The van der Waals surface area contributed by atoms with Crippen LogP contribution in [0, 0.1) is 11.6 Å². The van der Waals surface area contributed by atoms with Crippen LogP contribution in [0.15, 0.2) is 59.5 Å². The van der Waals surface area contributed by atoms with E-state index < -0.39 is 17.1 Å². The minimum atomic E-state index is -0.750. The maximum Gasteiger partial charge on any atom is 0.276 e. The van der Waals surface area contributed by atoms with Gasteiger partial charge in [0, 0.05) is 18.5 Å². The van der Waals surface area contributed by atoms with Crippen molar-refractivity contribution in [2.75, 3.05) is 6.54 Å². The largest absolute Gasteiger partial charge is 0.502 e. The summed E-state index contributed by atoms with van der Waals surface area (Å²) in [5, 5.41) is 16.1. The van der Waals surface area contributed by atoms with Gasteiger partial charge in [-0.1, -0.05) is 31.2 Å². The fourth-order valence-corrected chi connectivity index (χ4v) is 3.64. The summed E-state index contributed by atoms with van der Waals surface area (Å²) in [5.41, 5.74) is 0.457. The maximum absolute atomic E-state index is 13.9. The topological polar surface area (TPSA) is 86.3 Å². The third-order valence-corrected chi connectivity index (χ3v) is 5.61. The Labute approximate surface area is 184 Å². The van der Waals surface area contributed by atoms with E-state index in [0.29, 0.717) is 18.4 Å². The molecule has 8 heteroatoms. The Morgan fingerprint density at radius 1 is 1.12 bits per heavy atom. The van der Waals surface area contributed by atoms with E-state index in [4.69, 9.17) is 0 Å². The number of carbonyl (C=O) groups excluding carboxylic acids is 1. The van der Waals surface area contributed by atoms with Gasteiger partial charge in [-0.25, -0.2) is 8.78 Å². The molecule has 2 N–H and O–H groups in total. The minimum Gasteiger partial charge on any atom is -0.502 e. The number of aromatic nitrogens is 2. The average Bonchev–Trinajstić information content (AvgIpc) is 2.78. The number of benzene rings is 2. The molecule has 0 radical (unpaired) electrons. The zero-order valence-corrected chi connectivity index (χ0v) is 17.9. The van der Waals surface area contributed by atoms with Crippen LogP contribution < -0.4 is 5.43 Å². The predicted molar refractivity (Wildman–Crippen MR) is 117 cm³/mol. The monoisotopic (exact) mass is 441 g/mol. The van der Waals surface area contributed by atoms with Gasteiger partial charge < -0.3 is 10.0 Å². The lowest BCUT2D eigenvalue weighted by molar-refractivity contribution is 0.0672. The molecule has 3 aromatic rings. The molecule has 0 saturated carbocycles. The molecule has 1 aromatic heterocycles. The molecule has 0 saturated heterocycles. The molecule has 0 fully saturated rings. The van der Waals surface area contributed by atoms with E-state index in [2.05, 4.69) is 10.2 Å². The first-order valence-electron chi connectivity index (χ1n) is 10.4. The molecule has 0 spiro atoms. The SMILES string of the molecule is CC[C@@H](C)N(CCC(c1ccc(F)cc1)c1cccc(F)c1)C(=O)c1[nH]ncc(=O)c1O. The molecular formula is C24H25F2N3O3. The summed E-state index contributed by atoms with van der Waals surface area (Å²) in [7, 11) is 0. The molecule has 32 heavy (non-hydrogen) atoms. The highest BCUT2D eigenvalue weighted by Crippen LogP contribution is 2.30. The summed E-state index contributed by atoms with van der Waals surface area (Å²) in [6.45, 7) is 4.03. The Morgan fingerprint density at radius 2 is 1.84 bits per heavy atom. The summed E-state index contributed by atoms with van der Waals surface area (Å²) in [6, 6.07) is 11.9. The fourth-order valence-electron chi connectivity index (χ4n) is 3.64. The van der Waals surface area contributed by atoms with E-state index >= 15 is 0 Å². The van der Waals surface area contributed by atoms with Crippen molar-refractivity contribution >= 4 is 5.91 Å². The summed E-state index contributed by atoms with van der Waals surface area (Å²) < 4.78 is 27.4. The molecule has 2 aromatic carbocycles. The van der Waals surface area contributed by atoms with Gasteiger partial charge >= 0.3 is 0 Å². The zero-order valence-electron chi connectivity index (χ0n) is 17.9. The number of hydrogen-bond donors (Lipinski definition) is 2. The Kier molecular flexibility index (Phi) is 7.35. The van der Waals surface area contributed by atoms with E-state index in [0.717, 1.165) is 11.8 Å². The van der Waals surface area contributed by atoms with Crippen molar-refractivity contribution < 1.29 is 18.7 Å². The average molecular weight is 441 g/mol. The number of H-pyrrole nitrogens is 1. The molecule has 3 rings (SSSR count). The van der Waals surface area contributed by atoms with Crippen LogP contribution in [0.2, 0.25) is 0 Å². The summed E-state index contributed by atoms with van der Waals surface area (Å²) in [6.07, 6.45) is 1.95. The van der Waals surface area contributed by atoms with E-state index in [-0.39, 0.29) is 35.8 Å². The van der Waals surface area contributed by atoms with Gasteiger partial charge in [-0.05, 0) is 55.2 Å². The Bertz CT molecular complexity index is 1130. The number of amides is 1. The fraction of sp³-hybridized carbons (Fsp3) is 0.292. The number of nitrogens with one attached hydrogen (secondary N) is 1. The zero-order chi connectivity index (χ0) is 23.3. The predicted octanol–water partition coefficient (Wildman–Crippen LogP) is 4.22. The Morgan fingerprint density at radius 3 is 2.50 bits per heavy atom. The number of halogens is 2. The molecule has 1 heterocycles. The normalized spacial score (nSPS) is 12.9. The first kappa shape index (κ1) is 23.1. The van der Waals surface area contributed by atoms with Gasteiger partial charge in [0.1, 0.15) is 11.6 Å². The van der Waals surface area contributed by atoms with Crippen molar-refractivity contribution in [3.63, 3.8) is 0 Å². The van der Waals surface area contributed by atoms with E-state index in [1.54, 1.807) is 29.2 Å². The second-order valence-electron chi connectivity index (χ2n) is 7.66. The van der Waals surface area contributed by atoms with Crippen molar-refractivity contribution in [3.05, 3.63) is 93.4 Å². The molecule has 0 bridgehead atoms. The number of hydrogen-bond acceptors (Lipinski definition) is 4. The molecule has 168 valence electrons. The Balaban J connectivity index is 1.93. The molecule has 0 aliphatic carbocycles. The smallest absolute Gasteiger partial charge is 0.276 e. The van der Waals surface area contributed by atoms with Crippen molar-refractivity contribution in [1.82, 2.24) is 15.1 Å². The summed E-state index contributed by atoms with van der Waals surface area (Å²) in [5.74, 6) is -2.30. The van der Waals surface area contributed by atoms with E-state index in [9.17, 15) is 23.5 Å². The molecule has 2 atom stereocenters. The van der Waals surface area contributed by atoms with Crippen LogP contribution in [0.5, 0.6) is 5.75 Å². The van der Waals surface area contributed by atoms with Gasteiger partial charge in [0.05, 0.1) is 6.20 Å². The quantitative estimate of drug-likeness (QED) is 0.548. The number of nitrogens with zero attached hydrogens (tertiary/aromatic N) is 2. The number of rotatable bonds is 8. The van der Waals surface area contributed by atoms with E-state index in [1.165, 1.54) is 24.3 Å². The van der Waals surface area contributed by atoms with Gasteiger partial charge in [-0.15, -0.1) is 0 Å². The van der Waals surface area contributed by atoms with Crippen molar-refractivity contribution in [1.29, 1.82) is 0 Å². The highest BCUT2D eigenvalue weighted by molar-refractivity contribution is 5.94. The van der Waals surface area contributed by atoms with Crippen LogP contribution >= 0.6 is 0 Å². The summed E-state index contributed by atoms with van der Waals surface area (Å²) >= 11 is 0. The first-order valence-corrected chi connectivity index (χ1v) is 10.4. The second-order valence-corrected chi connectivity index (χ2v) is 7.66. The first-order chi connectivity index (χ1) is 15.3. The third kappa shape index (κ3) is 5.19. The number of carbonyl (C=O) groups is 1. The van der Waals surface area contributed by atoms with Gasteiger partial charge in [0.15, 0.2) is 11.4 Å². The molecule has 6 nitrogen and oxygen atoms in total. The Hall–Kier alpha value is -3.55. The standard InChI is InChI=1S/C24H25F2N3O3/c1-3-15(2)29(24(32)22-23(31)21(30)14-27-28-22)12-11-20(16-7-9-18(25)10-8-16)17-5-4-6-19(26)13-17/h4-10,13-15,20H,3,11-12H2,1-2H3,(H,27,31)(H,28,30)/t15-,20?/m1/s1. The lowest BCUT2D eigenvalue weighted by atomic mass is 9.88. The van der Waals surface area contributed by atoms with Crippen LogP contribution in [-0.2, 0) is 0 Å². The van der Waals surface area contributed by atoms with Crippen LogP contribution in [0.4, 0.5) is 8.78 Å². The third-order valence-electron chi connectivity index (χ3n) is 5.61. The second kappa shape index (κ2) is 10.2. The molecular weight excluding hydrogens is 416 g/mol. The highest BCUT2D eigenvalue weighted by atomic mass is 19.1. The summed E-state index contributed by atoms with van der Waals surface area (Å²) in [4.78, 5) is 26.4. The van der Waals surface area contributed by atoms with Crippen molar-refractivity contribution in [3.8, 4) is 5.75 Å². The number of aromatic hydroxyl groups is 1. The lowest BCUT2D eigenvalue weighted by Gasteiger charge is -2.30. The highest BCUT2D eigenvalue weighted by Gasteiger charge is 2.26. The molecule has 0 aliphatic rings. The van der Waals surface area contributed by atoms with Crippen LogP contribution in [0.25, 0.3) is 0 Å². The van der Waals surface area contributed by atoms with Crippen molar-refractivity contribution in [2.45, 2.75) is 38.6 Å². The van der Waals surface area contributed by atoms with Gasteiger partial charge in [-0.3, -0.25) is 14.7 Å². The van der Waals surface area contributed by atoms with Crippen LogP contribution in [0.3, 0.4) is 0 Å². The lowest BCUT2D eigenvalue weighted by Crippen LogP contribution is -2.40. The minimum absolute atomic E-state index is 0.202. The van der Waals surface area contributed by atoms with Crippen LogP contribution in [0.1, 0.15) is 54.2 Å². The molecule has 1 amide bonds. The number of aromatic amines is 1. The van der Waals surface area contributed by atoms with Gasteiger partial charge in [-0.2, -0.15) is 5.10 Å². The van der Waals surface area contributed by atoms with Crippen LogP contribution in [-0.4, -0.2) is 38.7 Å².